The summed E-state index contributed by atoms with van der Waals surface area (Å²) < 4.78 is 5.85. The molecule has 0 saturated carbocycles. The minimum atomic E-state index is -0.0665. The van der Waals surface area contributed by atoms with Crippen molar-refractivity contribution in [1.29, 1.82) is 0 Å². The molecule has 2 atom stereocenters. The van der Waals surface area contributed by atoms with E-state index in [2.05, 4.69) is 110 Å². The van der Waals surface area contributed by atoms with Gasteiger partial charge in [0.05, 0.1) is 12.8 Å². The van der Waals surface area contributed by atoms with Crippen LogP contribution in [-0.4, -0.2) is 36.7 Å². The first kappa shape index (κ1) is 23.9. The molecule has 6 rings (SSSR count). The molecule has 3 heteroatoms. The van der Waals surface area contributed by atoms with Crippen molar-refractivity contribution in [2.24, 2.45) is 11.8 Å². The van der Waals surface area contributed by atoms with Gasteiger partial charge in [-0.1, -0.05) is 80.6 Å². The van der Waals surface area contributed by atoms with E-state index in [0.717, 1.165) is 17.9 Å². The highest BCUT2D eigenvalue weighted by Crippen LogP contribution is 2.50. The molecule has 0 unspecified atom stereocenters. The lowest BCUT2D eigenvalue weighted by Crippen LogP contribution is -2.70. The van der Waals surface area contributed by atoms with Crippen molar-refractivity contribution in [2.45, 2.75) is 57.5 Å². The Bertz CT molecular complexity index is 1070. The Morgan fingerprint density at radius 1 is 0.914 bits per heavy atom. The van der Waals surface area contributed by atoms with Crippen molar-refractivity contribution >= 4 is 5.69 Å². The summed E-state index contributed by atoms with van der Waals surface area (Å²) in [6.45, 7) is 9.41. The Kier molecular flexibility index (Phi) is 6.88. The van der Waals surface area contributed by atoms with E-state index in [9.17, 15) is 0 Å². The summed E-state index contributed by atoms with van der Waals surface area (Å²) in [5, 5.41) is 4.09. The van der Waals surface area contributed by atoms with Crippen LogP contribution in [-0.2, 0) is 6.42 Å². The van der Waals surface area contributed by atoms with Crippen LogP contribution in [0.5, 0.6) is 5.75 Å². The number of nitrogens with zero attached hydrogens (tertiary/aromatic N) is 1. The number of ether oxygens (including phenoxy) is 1. The third-order valence-electron chi connectivity index (χ3n) is 8.39. The Morgan fingerprint density at radius 3 is 2.06 bits per heavy atom. The van der Waals surface area contributed by atoms with E-state index in [1.165, 1.54) is 42.6 Å². The number of fused-ring (bicyclic) bond motifs is 3. The first-order valence-corrected chi connectivity index (χ1v) is 13.3. The molecule has 2 bridgehead atoms. The molecule has 0 spiro atoms. The largest absolute Gasteiger partial charge is 0.495 e. The van der Waals surface area contributed by atoms with E-state index >= 15 is 0 Å². The number of hydrogen-bond donors (Lipinski definition) is 1. The van der Waals surface area contributed by atoms with Crippen LogP contribution in [0, 0.1) is 11.8 Å². The molecule has 3 aromatic rings. The fourth-order valence-corrected chi connectivity index (χ4v) is 6.81. The van der Waals surface area contributed by atoms with Gasteiger partial charge in [0.2, 0.25) is 0 Å². The van der Waals surface area contributed by atoms with E-state index in [0.29, 0.717) is 17.9 Å². The number of hydrogen-bond acceptors (Lipinski definition) is 3. The minimum absolute atomic E-state index is 0.0665. The summed E-state index contributed by atoms with van der Waals surface area (Å²) >= 11 is 0. The molecule has 3 aliphatic rings. The summed E-state index contributed by atoms with van der Waals surface area (Å²) in [7, 11) is 1.79. The highest BCUT2D eigenvalue weighted by atomic mass is 16.5. The number of benzene rings is 3. The van der Waals surface area contributed by atoms with Crippen LogP contribution in [0.1, 0.15) is 56.2 Å². The summed E-state index contributed by atoms with van der Waals surface area (Å²) in [5.74, 6) is 2.47. The summed E-state index contributed by atoms with van der Waals surface area (Å²) in [6.07, 6.45) is 3.57. The molecule has 1 N–H and O–H groups in total. The van der Waals surface area contributed by atoms with Gasteiger partial charge in [0, 0.05) is 17.5 Å². The zero-order chi connectivity index (χ0) is 24.4. The van der Waals surface area contributed by atoms with Crippen LogP contribution in [0.3, 0.4) is 0 Å². The summed E-state index contributed by atoms with van der Waals surface area (Å²) in [5.41, 5.74) is 5.22. The fraction of sp³-hybridized carbons (Fsp3) is 0.438. The average molecular weight is 469 g/mol. The quantitative estimate of drug-likeness (QED) is 0.385. The standard InChI is InChI=1S/C32H40N2O/c1-23(2)21-24-15-16-29(35-4)28(22-24)33-31-27-17-19-34(20-18-27)32(31,3)30(25-11-7-5-8-12-25)26-13-9-6-10-14-26/h5-16,22-23,27,30-31,33H,17-21H2,1-4H3/t31-,32-/m0/s1. The maximum atomic E-state index is 5.85. The van der Waals surface area contributed by atoms with E-state index in [1.54, 1.807) is 7.11 Å². The highest BCUT2D eigenvalue weighted by Gasteiger charge is 2.55. The minimum Gasteiger partial charge on any atom is -0.495 e. The molecule has 0 aliphatic carbocycles. The number of piperidine rings is 3. The van der Waals surface area contributed by atoms with Gasteiger partial charge in [0.15, 0.2) is 0 Å². The molecular weight excluding hydrogens is 428 g/mol. The number of methoxy groups -OCH3 is 1. The molecule has 3 fully saturated rings. The van der Waals surface area contributed by atoms with Gasteiger partial charge in [-0.3, -0.25) is 4.90 Å². The first-order chi connectivity index (χ1) is 17.0. The zero-order valence-electron chi connectivity index (χ0n) is 21.7. The van der Waals surface area contributed by atoms with Crippen LogP contribution in [0.15, 0.2) is 78.9 Å². The second kappa shape index (κ2) is 10.1. The van der Waals surface area contributed by atoms with Crippen LogP contribution < -0.4 is 10.1 Å². The normalized spacial score (nSPS) is 25.7. The van der Waals surface area contributed by atoms with Crippen molar-refractivity contribution in [2.75, 3.05) is 25.5 Å². The van der Waals surface area contributed by atoms with E-state index in [-0.39, 0.29) is 11.5 Å². The van der Waals surface area contributed by atoms with Gasteiger partial charge in [-0.15, -0.1) is 0 Å². The predicted molar refractivity (Wildman–Crippen MR) is 146 cm³/mol. The van der Waals surface area contributed by atoms with Crippen LogP contribution in [0.2, 0.25) is 0 Å². The molecule has 0 amide bonds. The molecule has 0 aromatic heterocycles. The summed E-state index contributed by atoms with van der Waals surface area (Å²) in [6, 6.07) is 29.3. The third-order valence-corrected chi connectivity index (χ3v) is 8.39. The van der Waals surface area contributed by atoms with Gasteiger partial charge in [0.1, 0.15) is 5.75 Å². The average Bonchev–Trinajstić information content (AvgIpc) is 2.88. The highest BCUT2D eigenvalue weighted by molar-refractivity contribution is 5.60. The number of rotatable bonds is 8. The Hall–Kier alpha value is -2.78. The van der Waals surface area contributed by atoms with Crippen molar-refractivity contribution < 1.29 is 4.74 Å². The van der Waals surface area contributed by atoms with Gasteiger partial charge in [0.25, 0.3) is 0 Å². The molecule has 0 radical (unpaired) electrons. The smallest absolute Gasteiger partial charge is 0.141 e. The molecule has 3 saturated heterocycles. The lowest BCUT2D eigenvalue weighted by molar-refractivity contribution is -0.0401. The third kappa shape index (κ3) is 4.59. The van der Waals surface area contributed by atoms with Crippen LogP contribution >= 0.6 is 0 Å². The molecule has 35 heavy (non-hydrogen) atoms. The van der Waals surface area contributed by atoms with Crippen molar-refractivity contribution in [3.8, 4) is 5.75 Å². The molecule has 3 aliphatic heterocycles. The van der Waals surface area contributed by atoms with E-state index in [4.69, 9.17) is 4.74 Å². The first-order valence-electron chi connectivity index (χ1n) is 13.3. The Balaban J connectivity index is 1.60. The fourth-order valence-electron chi connectivity index (χ4n) is 6.81. The lowest BCUT2D eigenvalue weighted by Gasteiger charge is -2.61. The van der Waals surface area contributed by atoms with Crippen LogP contribution in [0.25, 0.3) is 0 Å². The van der Waals surface area contributed by atoms with Gasteiger partial charge in [-0.25, -0.2) is 0 Å². The topological polar surface area (TPSA) is 24.5 Å². The maximum Gasteiger partial charge on any atom is 0.141 e. The van der Waals surface area contributed by atoms with Gasteiger partial charge >= 0.3 is 0 Å². The molecule has 184 valence electrons. The zero-order valence-corrected chi connectivity index (χ0v) is 21.7. The van der Waals surface area contributed by atoms with Crippen molar-refractivity contribution in [3.05, 3.63) is 95.6 Å². The monoisotopic (exact) mass is 468 g/mol. The Labute approximate surface area is 211 Å². The predicted octanol–water partition coefficient (Wildman–Crippen LogP) is 6.99. The van der Waals surface area contributed by atoms with Gasteiger partial charge < -0.3 is 10.1 Å². The second-order valence-corrected chi connectivity index (χ2v) is 11.1. The second-order valence-electron chi connectivity index (χ2n) is 11.1. The lowest BCUT2D eigenvalue weighted by atomic mass is 9.62. The Morgan fingerprint density at radius 2 is 1.51 bits per heavy atom. The van der Waals surface area contributed by atoms with Gasteiger partial charge in [-0.05, 0) is 79.9 Å². The SMILES string of the molecule is COc1ccc(CC(C)C)cc1N[C@H]1C2CCN(CC2)[C@@]1(C)C(c1ccccc1)c1ccccc1. The van der Waals surface area contributed by atoms with E-state index in [1.807, 2.05) is 0 Å². The molecule has 3 nitrogen and oxygen atoms in total. The van der Waals surface area contributed by atoms with Crippen molar-refractivity contribution in [1.82, 2.24) is 4.90 Å². The number of nitrogens with one attached hydrogen (secondary N) is 1. The molecular formula is C32H40N2O. The van der Waals surface area contributed by atoms with Crippen LogP contribution in [0.4, 0.5) is 5.69 Å². The van der Waals surface area contributed by atoms with Gasteiger partial charge in [-0.2, -0.15) is 0 Å². The molecule has 3 aromatic carbocycles. The van der Waals surface area contributed by atoms with Crippen molar-refractivity contribution in [3.63, 3.8) is 0 Å². The van der Waals surface area contributed by atoms with E-state index < -0.39 is 0 Å². The maximum absolute atomic E-state index is 5.85. The summed E-state index contributed by atoms with van der Waals surface area (Å²) in [4.78, 5) is 2.76. The number of anilines is 1. The molecule has 3 heterocycles.